The Kier molecular flexibility index (Phi) is 27.0. The van der Waals surface area contributed by atoms with Crippen molar-refractivity contribution < 1.29 is 72.5 Å². The van der Waals surface area contributed by atoms with Crippen LogP contribution in [-0.2, 0) is 32.9 Å². The van der Waals surface area contributed by atoms with Crippen LogP contribution in [0.2, 0.25) is 15.1 Å². The number of pyridine rings is 3. The summed E-state index contributed by atoms with van der Waals surface area (Å²) in [6.45, 7) is 29.5. The fourth-order valence-electron chi connectivity index (χ4n) is 17.5. The van der Waals surface area contributed by atoms with Gasteiger partial charge in [-0.1, -0.05) is 54.5 Å². The van der Waals surface area contributed by atoms with E-state index in [1.54, 1.807) is 33.8 Å². The second-order valence-electron chi connectivity index (χ2n) is 33.9. The van der Waals surface area contributed by atoms with Crippen LogP contribution in [0.4, 0.5) is 78.8 Å². The van der Waals surface area contributed by atoms with E-state index in [-0.39, 0.29) is 134 Å². The van der Waals surface area contributed by atoms with Gasteiger partial charge in [-0.05, 0) is 192 Å². The molecule has 6 aliphatic heterocycles. The van der Waals surface area contributed by atoms with Crippen LogP contribution in [0.3, 0.4) is 0 Å². The van der Waals surface area contributed by atoms with Crippen molar-refractivity contribution in [2.24, 2.45) is 0 Å². The Morgan fingerprint density at radius 1 is 0.457 bits per heavy atom. The summed E-state index contributed by atoms with van der Waals surface area (Å²) in [4.78, 5) is 93.8. The van der Waals surface area contributed by atoms with E-state index in [9.17, 15) is 58.3 Å². The van der Waals surface area contributed by atoms with Crippen molar-refractivity contribution in [2.75, 3.05) is 158 Å². The standard InChI is InChI=1S/C29H32ClF4N7O2.2C29H33ClF3N7O2/c1-5-23(42)40-8-10-41(11-9-40)25-18-12-20(30)17(24-19(29(32,33)34)6-7-22(35)37-24)13-21(18)36-26(38-25)43-16-28(3)14-27(2,31)15-39(28)4;2*1-5-24(41)39-11-13-40(14-12-39)26-18-15-20(30)17(25-19(29(31,32)33)8-9-23(34)36-25)16-21(18)35-27(37-26)42-28(2,3)22-7-6-10-38(22)4/h5-7,12-13H,1,8-11,14-16H2,2-4H3,(H2,35,37);2*5,8-9,15-16,22H,1,6-7,10-14H2,2-4H3,(H2,34,36)/t;22-;/m.0./s1. The number of likely N-dealkylation sites (N-methyl/N-ethyl adjacent to an activating group) is 3. The first-order valence-electron chi connectivity index (χ1n) is 41.0. The lowest BCUT2D eigenvalue weighted by Crippen LogP contribution is -2.49. The van der Waals surface area contributed by atoms with Gasteiger partial charge in [-0.3, -0.25) is 29.1 Å². The molecular weight excluding hydrogens is 1730 g/mol. The van der Waals surface area contributed by atoms with E-state index >= 15 is 0 Å². The number of carbonyl (C=O) groups excluding carboxylic acids is 3. The number of rotatable bonds is 18. The quantitative estimate of drug-likeness (QED) is 0.0531. The molecule has 0 aliphatic carbocycles. The third-order valence-electron chi connectivity index (χ3n) is 24.0. The number of alkyl halides is 10. The molecule has 9 aromatic rings. The molecule has 0 bridgehead atoms. The van der Waals surface area contributed by atoms with E-state index < -0.39 is 63.3 Å². The fourth-order valence-corrected chi connectivity index (χ4v) is 18.3. The molecular formula is C87H98Cl3F10N21O6. The Hall–Kier alpha value is -11.0. The highest BCUT2D eigenvalue weighted by Gasteiger charge is 2.49. The largest absolute Gasteiger partial charge is 0.461 e. The van der Waals surface area contributed by atoms with Crippen LogP contribution in [0.1, 0.15) is 90.3 Å². The van der Waals surface area contributed by atoms with Crippen LogP contribution >= 0.6 is 34.8 Å². The number of amides is 3. The number of hydrogen-bond donors (Lipinski definition) is 3. The third-order valence-corrected chi connectivity index (χ3v) is 24.9. The van der Waals surface area contributed by atoms with Gasteiger partial charge in [0.05, 0.1) is 70.9 Å². The highest BCUT2D eigenvalue weighted by atomic mass is 35.5. The molecule has 3 amide bonds. The lowest BCUT2D eigenvalue weighted by molar-refractivity contribution is -0.138. The second kappa shape index (κ2) is 36.6. The lowest BCUT2D eigenvalue weighted by Gasteiger charge is -2.37. The molecule has 0 radical (unpaired) electrons. The number of fused-ring (bicyclic) bond motifs is 3. The van der Waals surface area contributed by atoms with Gasteiger partial charge in [0, 0.05) is 136 Å². The van der Waals surface area contributed by atoms with Gasteiger partial charge in [0.25, 0.3) is 0 Å². The maximum atomic E-state index is 14.8. The van der Waals surface area contributed by atoms with Gasteiger partial charge in [0.15, 0.2) is 0 Å². The molecule has 6 N–H and O–H groups in total. The Balaban J connectivity index is 0.000000163. The molecule has 4 atom stereocenters. The van der Waals surface area contributed by atoms with Crippen molar-refractivity contribution in [3.63, 3.8) is 0 Å². The van der Waals surface area contributed by atoms with E-state index in [1.807, 2.05) is 75.4 Å². The Morgan fingerprint density at radius 3 is 1.02 bits per heavy atom. The summed E-state index contributed by atoms with van der Waals surface area (Å²) in [7, 11) is 5.91. The van der Waals surface area contributed by atoms with Crippen molar-refractivity contribution in [1.82, 2.24) is 74.3 Å². The first kappa shape index (κ1) is 93.6. The van der Waals surface area contributed by atoms with Gasteiger partial charge in [-0.25, -0.2) is 19.3 Å². The molecule has 15 rings (SSSR count). The minimum atomic E-state index is -4.71. The van der Waals surface area contributed by atoms with Crippen molar-refractivity contribution >= 4 is 120 Å². The number of anilines is 6. The molecule has 0 spiro atoms. The predicted octanol–water partition coefficient (Wildman–Crippen LogP) is 15.0. The number of ether oxygens (including phenoxy) is 3. The number of aromatic nitrogens is 9. The van der Waals surface area contributed by atoms with Crippen molar-refractivity contribution in [3.05, 3.63) is 143 Å². The van der Waals surface area contributed by atoms with Gasteiger partial charge in [0.1, 0.15) is 58.4 Å². The molecule has 0 saturated carbocycles. The predicted molar refractivity (Wildman–Crippen MR) is 470 cm³/mol. The molecule has 6 saturated heterocycles. The highest BCUT2D eigenvalue weighted by molar-refractivity contribution is 6.35. The molecule has 27 nitrogen and oxygen atoms in total. The minimum absolute atomic E-state index is 0.00240. The molecule has 6 fully saturated rings. The first-order valence-corrected chi connectivity index (χ1v) is 42.2. The molecule has 6 aliphatic rings. The summed E-state index contributed by atoms with van der Waals surface area (Å²) < 4.78 is 159. The molecule has 40 heteroatoms. The van der Waals surface area contributed by atoms with Gasteiger partial charge in [-0.15, -0.1) is 0 Å². The maximum absolute atomic E-state index is 14.8. The second-order valence-corrected chi connectivity index (χ2v) is 35.1. The van der Waals surface area contributed by atoms with Crippen LogP contribution in [0, 0.1) is 0 Å². The smallest absolute Gasteiger partial charge is 0.418 e. The number of benzene rings is 3. The number of nitrogens with zero attached hydrogens (tertiary/aromatic N) is 18. The van der Waals surface area contributed by atoms with Gasteiger partial charge in [-0.2, -0.15) is 69.4 Å². The van der Waals surface area contributed by atoms with Gasteiger partial charge >= 0.3 is 36.6 Å². The molecule has 3 aromatic carbocycles. The highest BCUT2D eigenvalue weighted by Crippen LogP contribution is 2.48. The monoisotopic (exact) mass is 1830 g/mol. The molecule has 127 heavy (non-hydrogen) atoms. The SMILES string of the molecule is C=CC(=O)N1CCN(c2nc(OC(C)(C)C3CCCN3C)nc3cc(-c4nc(N)ccc4C(F)(F)F)c(Cl)cc23)CC1.C=CC(=O)N1CCN(c2nc(OC(C)(C)[C@@H]3CCCN3C)nc3cc(-c4nc(N)ccc4C(F)(F)F)c(Cl)cc23)CC1.C=CC(=O)N1CCN(c2nc(OCC3(C)CC(C)(F)CN3C)nc3cc(-c4nc(N)ccc4C(F)(F)F)c(Cl)cc23)CC1. The average molecular weight is 1830 g/mol. The van der Waals surface area contributed by atoms with Crippen LogP contribution < -0.4 is 46.1 Å². The number of likely N-dealkylation sites (tertiary alicyclic amines) is 3. The lowest BCUT2D eigenvalue weighted by atomic mass is 9.94. The van der Waals surface area contributed by atoms with Crippen LogP contribution in [-0.4, -0.2) is 252 Å². The summed E-state index contributed by atoms with van der Waals surface area (Å²) in [6.07, 6.45) is -6.04. The number of nitrogen functional groups attached to an aromatic ring is 3. The average Bonchev–Trinajstić information content (AvgIpc) is 1.26. The van der Waals surface area contributed by atoms with Crippen molar-refractivity contribution in [2.45, 2.75) is 127 Å². The Labute approximate surface area is 741 Å². The Morgan fingerprint density at radius 2 is 0.756 bits per heavy atom. The van der Waals surface area contributed by atoms with E-state index in [2.05, 4.69) is 64.4 Å². The third kappa shape index (κ3) is 20.6. The summed E-state index contributed by atoms with van der Waals surface area (Å²) >= 11 is 19.9. The molecule has 6 aromatic heterocycles. The molecule has 678 valence electrons. The Bertz CT molecular complexity index is 5480. The number of hydrogen-bond acceptors (Lipinski definition) is 24. The summed E-state index contributed by atoms with van der Waals surface area (Å²) in [5, 5.41) is 1.62. The van der Waals surface area contributed by atoms with E-state index in [1.165, 1.54) is 42.5 Å². The summed E-state index contributed by atoms with van der Waals surface area (Å²) in [5.74, 6) is 0.721. The van der Waals surface area contributed by atoms with Crippen molar-refractivity contribution in [1.29, 1.82) is 0 Å². The fraction of sp³-hybridized carbons (Fsp3) is 0.448. The van der Waals surface area contributed by atoms with Crippen LogP contribution in [0.15, 0.2) is 111 Å². The van der Waals surface area contributed by atoms with Crippen LogP contribution in [0.5, 0.6) is 18.0 Å². The first-order chi connectivity index (χ1) is 59.7. The van der Waals surface area contributed by atoms with E-state index in [0.717, 1.165) is 75.2 Å². The topological polar surface area (TPSA) is 302 Å². The molecule has 3 unspecified atom stereocenters. The zero-order valence-corrected chi connectivity index (χ0v) is 73.7. The normalized spacial score (nSPS) is 20.1. The maximum Gasteiger partial charge on any atom is 0.418 e. The zero-order valence-electron chi connectivity index (χ0n) is 71.4. The minimum Gasteiger partial charge on any atom is -0.461 e. The van der Waals surface area contributed by atoms with E-state index in [4.69, 9.17) is 76.2 Å². The van der Waals surface area contributed by atoms with E-state index in [0.29, 0.717) is 123 Å². The van der Waals surface area contributed by atoms with Crippen LogP contribution in [0.25, 0.3) is 66.5 Å². The van der Waals surface area contributed by atoms with Crippen molar-refractivity contribution in [3.8, 4) is 51.8 Å². The van der Waals surface area contributed by atoms with Gasteiger partial charge in [0.2, 0.25) is 17.7 Å². The summed E-state index contributed by atoms with van der Waals surface area (Å²) in [6, 6.07) is 15.3. The zero-order chi connectivity index (χ0) is 92.1. The number of halogens is 13. The summed E-state index contributed by atoms with van der Waals surface area (Å²) in [5.41, 5.74) is 10.9. The number of piperazine rings is 3. The number of carbonyl (C=O) groups is 3. The number of nitrogens with two attached hydrogens (primary N) is 3. The van der Waals surface area contributed by atoms with Gasteiger partial charge < -0.3 is 60.8 Å². The molecule has 12 heterocycles.